The Morgan fingerprint density at radius 3 is 2.57 bits per heavy atom. The van der Waals surface area contributed by atoms with Crippen molar-refractivity contribution in [3.05, 3.63) is 64.9 Å². The lowest BCUT2D eigenvalue weighted by Crippen LogP contribution is -2.48. The fourth-order valence-corrected chi connectivity index (χ4v) is 4.56. The molecule has 0 radical (unpaired) electrons. The largest absolute Gasteiger partial charge is 0.495 e. The van der Waals surface area contributed by atoms with E-state index in [0.717, 1.165) is 30.1 Å². The van der Waals surface area contributed by atoms with Crippen LogP contribution in [-0.4, -0.2) is 50.0 Å². The number of aryl methyl sites for hydroxylation is 1. The number of benzene rings is 1. The third-order valence-electron chi connectivity index (χ3n) is 5.09. The van der Waals surface area contributed by atoms with Gasteiger partial charge in [0.1, 0.15) is 5.75 Å². The molecule has 0 aliphatic carbocycles. The first-order chi connectivity index (χ1) is 14.6. The Hall–Kier alpha value is -3.26. The van der Waals surface area contributed by atoms with Crippen LogP contribution >= 0.6 is 11.3 Å². The highest BCUT2D eigenvalue weighted by molar-refractivity contribution is 7.18. The summed E-state index contributed by atoms with van der Waals surface area (Å²) in [7, 11) is 1.67. The van der Waals surface area contributed by atoms with E-state index in [9.17, 15) is 9.59 Å². The van der Waals surface area contributed by atoms with Crippen LogP contribution in [0.2, 0.25) is 0 Å². The molecule has 2 aromatic heterocycles. The number of amides is 2. The SMILES string of the molecule is COc1ccccc1N1CCN(C(=O)c2sc(NC(=O)c3ccco3)cc2C)CC1. The molecule has 0 spiro atoms. The van der Waals surface area contributed by atoms with Crippen LogP contribution in [0.1, 0.15) is 25.8 Å². The summed E-state index contributed by atoms with van der Waals surface area (Å²) in [6.45, 7) is 4.61. The summed E-state index contributed by atoms with van der Waals surface area (Å²) in [5.74, 6) is 0.742. The summed E-state index contributed by atoms with van der Waals surface area (Å²) >= 11 is 1.29. The van der Waals surface area contributed by atoms with Gasteiger partial charge in [0.15, 0.2) is 5.76 Å². The second-order valence-electron chi connectivity index (χ2n) is 7.01. The zero-order chi connectivity index (χ0) is 21.1. The average molecular weight is 426 g/mol. The van der Waals surface area contributed by atoms with Crippen molar-refractivity contribution >= 4 is 33.8 Å². The Labute approximate surface area is 178 Å². The maximum Gasteiger partial charge on any atom is 0.291 e. The summed E-state index contributed by atoms with van der Waals surface area (Å²) in [6.07, 6.45) is 1.45. The number of hydrogen-bond acceptors (Lipinski definition) is 6. The number of piperazine rings is 1. The third kappa shape index (κ3) is 4.04. The van der Waals surface area contributed by atoms with Gasteiger partial charge < -0.3 is 24.3 Å². The molecule has 0 unspecified atom stereocenters. The predicted octanol–water partition coefficient (Wildman–Crippen LogP) is 3.87. The minimum absolute atomic E-state index is 0.00401. The van der Waals surface area contributed by atoms with Crippen molar-refractivity contribution in [3.63, 3.8) is 0 Å². The Bertz CT molecular complexity index is 1040. The van der Waals surface area contributed by atoms with E-state index in [1.165, 1.54) is 17.6 Å². The second kappa shape index (κ2) is 8.62. The maximum absolute atomic E-state index is 13.1. The molecule has 2 amide bonds. The van der Waals surface area contributed by atoms with Crippen LogP contribution in [0.15, 0.2) is 53.1 Å². The Balaban J connectivity index is 1.41. The smallest absolute Gasteiger partial charge is 0.291 e. The predicted molar refractivity (Wildman–Crippen MR) is 117 cm³/mol. The molecule has 0 atom stereocenters. The van der Waals surface area contributed by atoms with Crippen LogP contribution in [0.4, 0.5) is 10.7 Å². The van der Waals surface area contributed by atoms with Gasteiger partial charge in [-0.3, -0.25) is 9.59 Å². The van der Waals surface area contributed by atoms with Crippen molar-refractivity contribution in [1.82, 2.24) is 4.90 Å². The van der Waals surface area contributed by atoms with Gasteiger partial charge in [-0.2, -0.15) is 0 Å². The normalized spacial score (nSPS) is 13.9. The molecule has 1 aliphatic rings. The summed E-state index contributed by atoms with van der Waals surface area (Å²) in [5, 5.41) is 3.43. The lowest BCUT2D eigenvalue weighted by Gasteiger charge is -2.36. The number of nitrogens with zero attached hydrogens (tertiary/aromatic N) is 2. The fourth-order valence-electron chi connectivity index (χ4n) is 3.52. The molecule has 1 saturated heterocycles. The molecular weight excluding hydrogens is 402 g/mol. The molecule has 1 N–H and O–H groups in total. The molecule has 4 rings (SSSR count). The molecule has 30 heavy (non-hydrogen) atoms. The lowest BCUT2D eigenvalue weighted by atomic mass is 10.2. The van der Waals surface area contributed by atoms with Crippen LogP contribution in [0.3, 0.4) is 0 Å². The minimum atomic E-state index is -0.328. The number of anilines is 2. The van der Waals surface area contributed by atoms with Gasteiger partial charge in [-0.25, -0.2) is 0 Å². The van der Waals surface area contributed by atoms with Crippen molar-refractivity contribution in [3.8, 4) is 5.75 Å². The molecule has 7 nitrogen and oxygen atoms in total. The van der Waals surface area contributed by atoms with E-state index in [1.54, 1.807) is 19.2 Å². The van der Waals surface area contributed by atoms with E-state index in [-0.39, 0.29) is 17.6 Å². The molecule has 1 aromatic carbocycles. The highest BCUT2D eigenvalue weighted by Crippen LogP contribution is 2.31. The molecule has 1 fully saturated rings. The quantitative estimate of drug-likeness (QED) is 0.672. The lowest BCUT2D eigenvalue weighted by molar-refractivity contribution is 0.0750. The van der Waals surface area contributed by atoms with E-state index in [2.05, 4.69) is 10.2 Å². The van der Waals surface area contributed by atoms with Gasteiger partial charge in [-0.15, -0.1) is 11.3 Å². The van der Waals surface area contributed by atoms with E-state index >= 15 is 0 Å². The van der Waals surface area contributed by atoms with E-state index in [1.807, 2.05) is 42.2 Å². The van der Waals surface area contributed by atoms with E-state index in [4.69, 9.17) is 9.15 Å². The monoisotopic (exact) mass is 425 g/mol. The number of carbonyl (C=O) groups excluding carboxylic acids is 2. The van der Waals surface area contributed by atoms with Gasteiger partial charge in [0, 0.05) is 26.2 Å². The number of carbonyl (C=O) groups is 2. The van der Waals surface area contributed by atoms with Gasteiger partial charge in [-0.1, -0.05) is 12.1 Å². The molecular formula is C22H23N3O4S. The number of thiophene rings is 1. The first-order valence-corrected chi connectivity index (χ1v) is 10.5. The topological polar surface area (TPSA) is 75.0 Å². The Morgan fingerprint density at radius 1 is 1.10 bits per heavy atom. The molecule has 3 heterocycles. The summed E-state index contributed by atoms with van der Waals surface area (Å²) in [4.78, 5) is 30.0. The average Bonchev–Trinajstić information content (AvgIpc) is 3.43. The fraction of sp³-hybridized carbons (Fsp3) is 0.273. The highest BCUT2D eigenvalue weighted by Gasteiger charge is 2.26. The van der Waals surface area contributed by atoms with Gasteiger partial charge in [0.05, 0.1) is 28.9 Å². The Morgan fingerprint density at radius 2 is 1.87 bits per heavy atom. The van der Waals surface area contributed by atoms with Crippen LogP contribution in [-0.2, 0) is 0 Å². The van der Waals surface area contributed by atoms with E-state index < -0.39 is 0 Å². The first kappa shape index (κ1) is 20.0. The van der Waals surface area contributed by atoms with Crippen molar-refractivity contribution < 1.29 is 18.7 Å². The number of para-hydroxylation sites is 2. The van der Waals surface area contributed by atoms with Crippen molar-refractivity contribution in [2.45, 2.75) is 6.92 Å². The van der Waals surface area contributed by atoms with E-state index in [0.29, 0.717) is 23.0 Å². The standard InChI is InChI=1S/C22H23N3O4S/c1-15-14-19(23-21(26)18-8-5-13-29-18)30-20(15)22(27)25-11-9-24(10-12-25)16-6-3-4-7-17(16)28-2/h3-8,13-14H,9-12H2,1-2H3,(H,23,26). The first-order valence-electron chi connectivity index (χ1n) is 9.69. The van der Waals surface area contributed by atoms with Gasteiger partial charge in [0.2, 0.25) is 0 Å². The number of rotatable bonds is 5. The van der Waals surface area contributed by atoms with Crippen LogP contribution in [0.5, 0.6) is 5.75 Å². The number of hydrogen-bond donors (Lipinski definition) is 1. The van der Waals surface area contributed by atoms with Gasteiger partial charge in [0.25, 0.3) is 11.8 Å². The van der Waals surface area contributed by atoms with Crippen molar-refractivity contribution in [1.29, 1.82) is 0 Å². The zero-order valence-corrected chi connectivity index (χ0v) is 17.7. The minimum Gasteiger partial charge on any atom is -0.495 e. The van der Waals surface area contributed by atoms with Gasteiger partial charge in [-0.05, 0) is 42.8 Å². The Kier molecular flexibility index (Phi) is 5.76. The van der Waals surface area contributed by atoms with Gasteiger partial charge >= 0.3 is 0 Å². The summed E-state index contributed by atoms with van der Waals surface area (Å²) in [5.41, 5.74) is 1.90. The molecule has 0 bridgehead atoms. The molecule has 0 saturated carbocycles. The number of nitrogens with one attached hydrogen (secondary N) is 1. The number of methoxy groups -OCH3 is 1. The van der Waals surface area contributed by atoms with Crippen LogP contribution < -0.4 is 15.0 Å². The highest BCUT2D eigenvalue weighted by atomic mass is 32.1. The van der Waals surface area contributed by atoms with Crippen molar-refractivity contribution in [2.75, 3.05) is 43.5 Å². The molecule has 1 aliphatic heterocycles. The van der Waals surface area contributed by atoms with Crippen LogP contribution in [0, 0.1) is 6.92 Å². The number of furan rings is 1. The molecule has 156 valence electrons. The molecule has 8 heteroatoms. The third-order valence-corrected chi connectivity index (χ3v) is 6.23. The van der Waals surface area contributed by atoms with Crippen molar-refractivity contribution in [2.24, 2.45) is 0 Å². The molecule has 3 aromatic rings. The summed E-state index contributed by atoms with van der Waals surface area (Å²) in [6, 6.07) is 13.0. The van der Waals surface area contributed by atoms with Crippen LogP contribution in [0.25, 0.3) is 0 Å². The maximum atomic E-state index is 13.1. The second-order valence-corrected chi connectivity index (χ2v) is 8.06. The summed E-state index contributed by atoms with van der Waals surface area (Å²) < 4.78 is 10.6. The zero-order valence-electron chi connectivity index (χ0n) is 16.9. The number of ether oxygens (including phenoxy) is 1.